The van der Waals surface area contributed by atoms with Crippen LogP contribution in [0, 0.1) is 0 Å². The topological polar surface area (TPSA) is 81.7 Å². The van der Waals surface area contributed by atoms with Gasteiger partial charge in [-0.15, -0.1) is 0 Å². The van der Waals surface area contributed by atoms with Gasteiger partial charge in [-0.3, -0.25) is 4.57 Å². The van der Waals surface area contributed by atoms with Crippen molar-refractivity contribution in [1.29, 1.82) is 0 Å². The lowest BCUT2D eigenvalue weighted by Crippen LogP contribution is -2.64. The summed E-state index contributed by atoms with van der Waals surface area (Å²) in [6.45, 7) is 16.5. The van der Waals surface area contributed by atoms with Gasteiger partial charge in [0.15, 0.2) is 8.32 Å². The first kappa shape index (κ1) is 38.6. The summed E-state index contributed by atoms with van der Waals surface area (Å²) in [5.41, 5.74) is 3.11. The Hall–Kier alpha value is -2.17. The first-order chi connectivity index (χ1) is 22.9. The third-order valence-corrected chi connectivity index (χ3v) is 15.6. The fraction of sp³-hybridized carbons (Fsp3) is 0.526. The van der Waals surface area contributed by atoms with Gasteiger partial charge >= 0.3 is 7.60 Å². The van der Waals surface area contributed by atoms with Crippen molar-refractivity contribution in [2.45, 2.75) is 103 Å². The van der Waals surface area contributed by atoms with E-state index in [1.165, 1.54) is 0 Å². The molecule has 0 radical (unpaired) electrons. The van der Waals surface area contributed by atoms with Gasteiger partial charge in [-0.1, -0.05) is 112 Å². The van der Waals surface area contributed by atoms with Crippen LogP contribution in [0.3, 0.4) is 0 Å². The molecule has 48 heavy (non-hydrogen) atoms. The van der Waals surface area contributed by atoms with E-state index in [1.54, 1.807) is 0 Å². The summed E-state index contributed by atoms with van der Waals surface area (Å²) in [6.07, 6.45) is -2.97. The predicted octanol–water partition coefficient (Wildman–Crippen LogP) is 8.80. The van der Waals surface area contributed by atoms with Crippen LogP contribution in [0.15, 0.2) is 91.0 Å². The van der Waals surface area contributed by atoms with Crippen LogP contribution in [0.1, 0.15) is 51.3 Å². The summed E-state index contributed by atoms with van der Waals surface area (Å²) in [5, 5.41) is -0.110. The Bertz CT molecular complexity index is 1380. The molecule has 8 nitrogen and oxygen atoms in total. The van der Waals surface area contributed by atoms with Crippen molar-refractivity contribution in [3.63, 3.8) is 0 Å². The van der Waals surface area contributed by atoms with E-state index in [2.05, 4.69) is 33.9 Å². The monoisotopic (exact) mass is 698 g/mol. The first-order valence-electron chi connectivity index (χ1n) is 17.1. The lowest BCUT2D eigenvalue weighted by molar-refractivity contribution is -0.253. The zero-order valence-corrected chi connectivity index (χ0v) is 31.6. The Morgan fingerprint density at radius 3 is 1.58 bits per heavy atom. The smallest absolute Gasteiger partial charge is 0.333 e. The minimum Gasteiger partial charge on any atom is -0.408 e. The summed E-state index contributed by atoms with van der Waals surface area (Å²) in [7, 11) is -5.97. The highest BCUT2D eigenvalue weighted by atomic mass is 31.2. The summed E-state index contributed by atoms with van der Waals surface area (Å²) in [6, 6.07) is 30.2. The number of rotatable bonds is 18. The summed E-state index contributed by atoms with van der Waals surface area (Å²) in [4.78, 5) is 0. The molecule has 10 heteroatoms. The normalized spacial score (nSPS) is 22.1. The van der Waals surface area contributed by atoms with Gasteiger partial charge in [-0.2, -0.15) is 0 Å². The lowest BCUT2D eigenvalue weighted by atomic mass is 9.95. The van der Waals surface area contributed by atoms with E-state index in [0.29, 0.717) is 19.8 Å². The van der Waals surface area contributed by atoms with Crippen LogP contribution in [-0.2, 0) is 56.8 Å². The second-order valence-electron chi connectivity index (χ2n) is 13.7. The highest BCUT2D eigenvalue weighted by Gasteiger charge is 2.53. The maximum atomic E-state index is 14.1. The molecule has 1 aliphatic rings. The van der Waals surface area contributed by atoms with E-state index in [1.807, 2.05) is 105 Å². The van der Waals surface area contributed by atoms with E-state index in [0.717, 1.165) is 16.7 Å². The van der Waals surface area contributed by atoms with Crippen LogP contribution in [0.2, 0.25) is 18.1 Å². The van der Waals surface area contributed by atoms with E-state index in [4.69, 9.17) is 32.4 Å². The Morgan fingerprint density at radius 1 is 0.667 bits per heavy atom. The van der Waals surface area contributed by atoms with Gasteiger partial charge in [0.1, 0.15) is 24.4 Å². The average molecular weight is 699 g/mol. The summed E-state index contributed by atoms with van der Waals surface area (Å²) in [5.74, 6) is 0. The summed E-state index contributed by atoms with van der Waals surface area (Å²) >= 11 is 0. The SMILES string of the molecule is CCOP(=O)(C[C@@H]1OC(COCc2ccccc2)[C@H](OCc2ccccc2)[C@H](OCc2ccccc2)C1O[Si](C)(C)C(C)(C)C)OCC. The highest BCUT2D eigenvalue weighted by Crippen LogP contribution is 2.51. The molecule has 0 amide bonds. The van der Waals surface area contributed by atoms with E-state index >= 15 is 0 Å². The molecule has 3 aromatic carbocycles. The van der Waals surface area contributed by atoms with Gasteiger partial charge in [0, 0.05) is 0 Å². The Balaban J connectivity index is 1.75. The van der Waals surface area contributed by atoms with Crippen molar-refractivity contribution in [3.05, 3.63) is 108 Å². The number of benzene rings is 3. The molecule has 264 valence electrons. The zero-order chi connectivity index (χ0) is 34.6. The molecule has 3 aromatic rings. The maximum absolute atomic E-state index is 14.1. The molecule has 0 spiro atoms. The van der Waals surface area contributed by atoms with E-state index in [-0.39, 0.29) is 31.0 Å². The maximum Gasteiger partial charge on any atom is 0.333 e. The number of hydrogen-bond acceptors (Lipinski definition) is 8. The molecule has 0 aromatic heterocycles. The molecule has 1 saturated heterocycles. The fourth-order valence-electron chi connectivity index (χ4n) is 5.48. The van der Waals surface area contributed by atoms with Crippen LogP contribution in [0.5, 0.6) is 0 Å². The van der Waals surface area contributed by atoms with Gasteiger partial charge in [0.2, 0.25) is 0 Å². The van der Waals surface area contributed by atoms with Crippen LogP contribution in [0.4, 0.5) is 0 Å². The van der Waals surface area contributed by atoms with Crippen LogP contribution in [-0.4, -0.2) is 64.8 Å². The van der Waals surface area contributed by atoms with Gasteiger partial charge in [0.05, 0.1) is 51.9 Å². The molecule has 2 unspecified atom stereocenters. The Morgan fingerprint density at radius 2 is 1.12 bits per heavy atom. The Kier molecular flexibility index (Phi) is 14.6. The third kappa shape index (κ3) is 11.2. The molecule has 1 aliphatic heterocycles. The van der Waals surface area contributed by atoms with E-state index in [9.17, 15) is 4.57 Å². The largest absolute Gasteiger partial charge is 0.408 e. The van der Waals surface area contributed by atoms with Gasteiger partial charge in [-0.05, 0) is 48.7 Å². The van der Waals surface area contributed by atoms with Crippen molar-refractivity contribution < 1.29 is 37.0 Å². The molecule has 4 rings (SSSR count). The van der Waals surface area contributed by atoms with Gasteiger partial charge < -0.3 is 32.4 Å². The molecular formula is C38H55O8PSi. The molecule has 5 atom stereocenters. The second kappa shape index (κ2) is 18.2. The van der Waals surface area contributed by atoms with Crippen LogP contribution in [0.25, 0.3) is 0 Å². The van der Waals surface area contributed by atoms with Crippen LogP contribution < -0.4 is 0 Å². The molecule has 0 bridgehead atoms. The van der Waals surface area contributed by atoms with Crippen LogP contribution >= 0.6 is 7.60 Å². The van der Waals surface area contributed by atoms with Crippen molar-refractivity contribution >= 4 is 15.9 Å². The Labute approximate surface area is 289 Å². The number of ether oxygens (including phenoxy) is 4. The van der Waals surface area contributed by atoms with Crippen molar-refractivity contribution in [1.82, 2.24) is 0 Å². The molecule has 0 N–H and O–H groups in total. The summed E-state index contributed by atoms with van der Waals surface area (Å²) < 4.78 is 59.7. The molecule has 1 heterocycles. The zero-order valence-electron chi connectivity index (χ0n) is 29.7. The first-order valence-corrected chi connectivity index (χ1v) is 21.7. The predicted molar refractivity (Wildman–Crippen MR) is 193 cm³/mol. The highest BCUT2D eigenvalue weighted by molar-refractivity contribution is 7.53. The number of hydrogen-bond donors (Lipinski definition) is 0. The molecule has 0 saturated carbocycles. The standard InChI is InChI=1S/C38H55O8PSi/c1-8-43-47(39,44-9-2)29-34-36(46-48(6,7)38(3,4)5)37(42-27-32-23-17-12-18-24-32)35(41-26-31-21-15-11-16-22-31)33(45-34)28-40-25-30-19-13-10-14-20-30/h10-24,33-37H,8-9,25-29H2,1-7H3/t33?,34-,35-,36?,37-/m0/s1. The fourth-order valence-corrected chi connectivity index (χ4v) is 8.61. The third-order valence-electron chi connectivity index (χ3n) is 8.99. The van der Waals surface area contributed by atoms with Gasteiger partial charge in [-0.25, -0.2) is 0 Å². The molecular weight excluding hydrogens is 643 g/mol. The average Bonchev–Trinajstić information content (AvgIpc) is 3.05. The van der Waals surface area contributed by atoms with Crippen molar-refractivity contribution in [3.8, 4) is 0 Å². The minimum absolute atomic E-state index is 0.0136. The van der Waals surface area contributed by atoms with Crippen molar-refractivity contribution in [2.24, 2.45) is 0 Å². The van der Waals surface area contributed by atoms with E-state index < -0.39 is 46.4 Å². The molecule has 0 aliphatic carbocycles. The van der Waals surface area contributed by atoms with Gasteiger partial charge in [0.25, 0.3) is 0 Å². The quantitative estimate of drug-likeness (QED) is 0.0964. The molecule has 1 fully saturated rings. The lowest BCUT2D eigenvalue weighted by Gasteiger charge is -2.50. The minimum atomic E-state index is -3.54. The van der Waals surface area contributed by atoms with Crippen molar-refractivity contribution in [2.75, 3.05) is 26.0 Å². The second-order valence-corrected chi connectivity index (χ2v) is 20.6.